The van der Waals surface area contributed by atoms with Crippen molar-refractivity contribution in [3.8, 4) is 5.82 Å². The number of hydrogen-bond donors (Lipinski definition) is 0. The van der Waals surface area contributed by atoms with Gasteiger partial charge in [-0.05, 0) is 18.6 Å². The standard InChI is InChI=1S/C13H13F3N4O3S/c1-24(21,22)9-2-3-10(17-6-9)20-11(8-4-5-23-7-8)18-12(19-20)13(14,15)16/h2-3,6,8H,4-5,7H2,1H3. The lowest BCUT2D eigenvalue weighted by atomic mass is 10.1. The number of halogens is 3. The summed E-state index contributed by atoms with van der Waals surface area (Å²) in [5.41, 5.74) is 0. The second-order valence-electron chi connectivity index (χ2n) is 5.39. The van der Waals surface area contributed by atoms with Gasteiger partial charge in [-0.1, -0.05) is 0 Å². The zero-order chi connectivity index (χ0) is 17.5. The van der Waals surface area contributed by atoms with Crippen LogP contribution in [0.5, 0.6) is 0 Å². The average molecular weight is 362 g/mol. The summed E-state index contributed by atoms with van der Waals surface area (Å²) in [6, 6.07) is 2.56. The minimum atomic E-state index is -4.69. The summed E-state index contributed by atoms with van der Waals surface area (Å²) in [4.78, 5) is 7.48. The van der Waals surface area contributed by atoms with Crippen LogP contribution in [0.3, 0.4) is 0 Å². The molecule has 1 fully saturated rings. The number of rotatable bonds is 3. The molecule has 3 rings (SSSR count). The molecule has 1 saturated heterocycles. The highest BCUT2D eigenvalue weighted by Crippen LogP contribution is 2.31. The fourth-order valence-electron chi connectivity index (χ4n) is 2.33. The molecular weight excluding hydrogens is 349 g/mol. The van der Waals surface area contributed by atoms with Crippen LogP contribution in [0.25, 0.3) is 5.82 Å². The van der Waals surface area contributed by atoms with Gasteiger partial charge in [0.2, 0.25) is 0 Å². The first-order chi connectivity index (χ1) is 11.2. The molecular formula is C13H13F3N4O3S. The summed E-state index contributed by atoms with van der Waals surface area (Å²) >= 11 is 0. The van der Waals surface area contributed by atoms with E-state index >= 15 is 0 Å². The molecule has 0 aromatic carbocycles. The summed E-state index contributed by atoms with van der Waals surface area (Å²) in [5.74, 6) is -1.44. The van der Waals surface area contributed by atoms with Crippen molar-refractivity contribution in [3.05, 3.63) is 30.0 Å². The molecule has 0 N–H and O–H groups in total. The lowest BCUT2D eigenvalue weighted by Crippen LogP contribution is -2.11. The smallest absolute Gasteiger partial charge is 0.381 e. The molecule has 1 aliphatic rings. The minimum Gasteiger partial charge on any atom is -0.381 e. The van der Waals surface area contributed by atoms with Gasteiger partial charge in [0.25, 0.3) is 5.82 Å². The molecule has 24 heavy (non-hydrogen) atoms. The van der Waals surface area contributed by atoms with Crippen molar-refractivity contribution in [3.63, 3.8) is 0 Å². The predicted molar refractivity (Wildman–Crippen MR) is 75.4 cm³/mol. The van der Waals surface area contributed by atoms with Crippen LogP contribution >= 0.6 is 0 Å². The van der Waals surface area contributed by atoms with Crippen LogP contribution in [0.15, 0.2) is 23.2 Å². The molecule has 1 aliphatic heterocycles. The van der Waals surface area contributed by atoms with E-state index in [1.807, 2.05) is 0 Å². The van der Waals surface area contributed by atoms with E-state index in [2.05, 4.69) is 15.1 Å². The Bertz CT molecular complexity index is 840. The van der Waals surface area contributed by atoms with Gasteiger partial charge in [0.1, 0.15) is 5.82 Å². The monoisotopic (exact) mass is 362 g/mol. The quantitative estimate of drug-likeness (QED) is 0.824. The zero-order valence-electron chi connectivity index (χ0n) is 12.5. The zero-order valence-corrected chi connectivity index (χ0v) is 13.3. The molecule has 0 saturated carbocycles. The second kappa shape index (κ2) is 5.81. The Morgan fingerprint density at radius 1 is 1.33 bits per heavy atom. The van der Waals surface area contributed by atoms with E-state index in [-0.39, 0.29) is 29.1 Å². The maximum absolute atomic E-state index is 12.9. The van der Waals surface area contributed by atoms with Gasteiger partial charge in [0.05, 0.1) is 11.5 Å². The third-order valence-electron chi connectivity index (χ3n) is 3.55. The van der Waals surface area contributed by atoms with E-state index in [1.54, 1.807) is 0 Å². The highest BCUT2D eigenvalue weighted by Gasteiger charge is 2.39. The Balaban J connectivity index is 2.07. The molecule has 0 bridgehead atoms. The molecule has 2 aromatic rings. The normalized spacial score (nSPS) is 18.9. The number of alkyl halides is 3. The topological polar surface area (TPSA) is 87.0 Å². The van der Waals surface area contributed by atoms with Crippen molar-refractivity contribution in [2.75, 3.05) is 19.5 Å². The fraction of sp³-hybridized carbons (Fsp3) is 0.462. The molecule has 2 aromatic heterocycles. The van der Waals surface area contributed by atoms with Crippen molar-refractivity contribution in [1.29, 1.82) is 0 Å². The second-order valence-corrected chi connectivity index (χ2v) is 7.40. The lowest BCUT2D eigenvalue weighted by Gasteiger charge is -2.09. The average Bonchev–Trinajstić information content (AvgIpc) is 3.15. The lowest BCUT2D eigenvalue weighted by molar-refractivity contribution is -0.144. The Morgan fingerprint density at radius 3 is 2.58 bits per heavy atom. The number of hydrogen-bond acceptors (Lipinski definition) is 6. The van der Waals surface area contributed by atoms with Gasteiger partial charge in [-0.15, -0.1) is 5.10 Å². The molecule has 0 spiro atoms. The van der Waals surface area contributed by atoms with Crippen LogP contribution in [0, 0.1) is 0 Å². The number of aromatic nitrogens is 4. The molecule has 3 heterocycles. The molecule has 0 amide bonds. The SMILES string of the molecule is CS(=O)(=O)c1ccc(-n2nc(C(F)(F)F)nc2C2CCOC2)nc1. The summed E-state index contributed by atoms with van der Waals surface area (Å²) in [5, 5.41) is 3.50. The van der Waals surface area contributed by atoms with Gasteiger partial charge >= 0.3 is 6.18 Å². The minimum absolute atomic E-state index is 0.0341. The molecule has 7 nitrogen and oxygen atoms in total. The van der Waals surface area contributed by atoms with E-state index in [0.29, 0.717) is 13.0 Å². The van der Waals surface area contributed by atoms with Crippen molar-refractivity contribution in [1.82, 2.24) is 19.7 Å². The van der Waals surface area contributed by atoms with E-state index in [9.17, 15) is 21.6 Å². The summed E-state index contributed by atoms with van der Waals surface area (Å²) < 4.78 is 67.9. The van der Waals surface area contributed by atoms with Gasteiger partial charge in [-0.2, -0.15) is 17.9 Å². The van der Waals surface area contributed by atoms with E-state index in [1.165, 1.54) is 12.1 Å². The van der Waals surface area contributed by atoms with Crippen LogP contribution in [-0.4, -0.2) is 47.6 Å². The number of sulfone groups is 1. The molecule has 130 valence electrons. The third kappa shape index (κ3) is 3.26. The van der Waals surface area contributed by atoms with Crippen LogP contribution in [-0.2, 0) is 20.8 Å². The number of nitrogens with zero attached hydrogens (tertiary/aromatic N) is 4. The van der Waals surface area contributed by atoms with Crippen molar-refractivity contribution < 1.29 is 26.3 Å². The molecule has 0 aliphatic carbocycles. The first-order valence-electron chi connectivity index (χ1n) is 6.94. The Morgan fingerprint density at radius 2 is 2.08 bits per heavy atom. The van der Waals surface area contributed by atoms with Gasteiger partial charge in [-0.3, -0.25) is 0 Å². The van der Waals surface area contributed by atoms with Crippen LogP contribution in [0.2, 0.25) is 0 Å². The summed E-state index contributed by atoms with van der Waals surface area (Å²) in [7, 11) is -3.45. The van der Waals surface area contributed by atoms with Gasteiger partial charge in [-0.25, -0.2) is 18.4 Å². The van der Waals surface area contributed by atoms with E-state index in [0.717, 1.165) is 17.1 Å². The van der Waals surface area contributed by atoms with Gasteiger partial charge in [0, 0.05) is 25.0 Å². The van der Waals surface area contributed by atoms with E-state index < -0.39 is 21.8 Å². The third-order valence-corrected chi connectivity index (χ3v) is 4.64. The first-order valence-corrected chi connectivity index (χ1v) is 8.84. The maximum atomic E-state index is 12.9. The van der Waals surface area contributed by atoms with Crippen LogP contribution < -0.4 is 0 Å². The Kier molecular flexibility index (Phi) is 4.08. The summed E-state index contributed by atoms with van der Waals surface area (Å²) in [6.45, 7) is 0.677. The van der Waals surface area contributed by atoms with Gasteiger partial charge < -0.3 is 4.74 Å². The molecule has 1 unspecified atom stereocenters. The molecule has 0 radical (unpaired) electrons. The number of pyridine rings is 1. The van der Waals surface area contributed by atoms with E-state index in [4.69, 9.17) is 4.74 Å². The Labute approximate surface area is 135 Å². The Hall–Kier alpha value is -2.01. The first kappa shape index (κ1) is 16.8. The number of ether oxygens (including phenoxy) is 1. The largest absolute Gasteiger partial charge is 0.453 e. The molecule has 1 atom stereocenters. The highest BCUT2D eigenvalue weighted by molar-refractivity contribution is 7.90. The highest BCUT2D eigenvalue weighted by atomic mass is 32.2. The fourth-order valence-corrected chi connectivity index (χ4v) is 2.89. The predicted octanol–water partition coefficient (Wildman–Crippen LogP) is 1.59. The van der Waals surface area contributed by atoms with Crippen molar-refractivity contribution in [2.45, 2.75) is 23.4 Å². The molecule has 11 heteroatoms. The van der Waals surface area contributed by atoms with Crippen LogP contribution in [0.4, 0.5) is 13.2 Å². The van der Waals surface area contributed by atoms with Crippen molar-refractivity contribution >= 4 is 9.84 Å². The van der Waals surface area contributed by atoms with Gasteiger partial charge in [0.15, 0.2) is 15.7 Å². The maximum Gasteiger partial charge on any atom is 0.453 e. The van der Waals surface area contributed by atoms with Crippen LogP contribution in [0.1, 0.15) is 24.0 Å². The van der Waals surface area contributed by atoms with Crippen molar-refractivity contribution in [2.24, 2.45) is 0 Å². The summed E-state index contributed by atoms with van der Waals surface area (Å²) in [6.07, 6.45) is -2.07.